The molecule has 0 radical (unpaired) electrons. The maximum atomic E-state index is 11.7. The van der Waals surface area contributed by atoms with Gasteiger partial charge in [0.05, 0.1) is 6.26 Å². The van der Waals surface area contributed by atoms with Crippen LogP contribution in [0.1, 0.15) is 12.0 Å². The van der Waals surface area contributed by atoms with Crippen LogP contribution in [-0.4, -0.2) is 41.9 Å². The number of nitrogens with zero attached hydrogens (tertiary/aromatic N) is 3. The van der Waals surface area contributed by atoms with Gasteiger partial charge in [0.1, 0.15) is 0 Å². The number of aromatic nitrogens is 3. The first-order chi connectivity index (χ1) is 10.5. The minimum absolute atomic E-state index is 0.0731. The molecule has 0 fully saturated rings. The van der Waals surface area contributed by atoms with Gasteiger partial charge in [-0.2, -0.15) is 5.10 Å². The van der Waals surface area contributed by atoms with Crippen LogP contribution in [0.15, 0.2) is 36.8 Å². The van der Waals surface area contributed by atoms with Gasteiger partial charge in [0.25, 0.3) is 0 Å². The van der Waals surface area contributed by atoms with E-state index in [0.717, 1.165) is 11.8 Å². The maximum Gasteiger partial charge on any atom is 0.221 e. The molecule has 8 nitrogen and oxygen atoms in total. The molecule has 2 heterocycles. The normalized spacial score (nSPS) is 11.3. The smallest absolute Gasteiger partial charge is 0.221 e. The van der Waals surface area contributed by atoms with E-state index < -0.39 is 10.0 Å². The topological polar surface area (TPSA) is 106 Å². The van der Waals surface area contributed by atoms with E-state index in [1.54, 1.807) is 35.4 Å². The zero-order valence-corrected chi connectivity index (χ0v) is 12.9. The summed E-state index contributed by atoms with van der Waals surface area (Å²) in [5, 5.41) is 6.85. The Hall–Kier alpha value is -2.26. The molecule has 9 heteroatoms. The van der Waals surface area contributed by atoms with Crippen molar-refractivity contribution in [2.75, 3.05) is 12.8 Å². The number of hydrogen-bond donors (Lipinski definition) is 2. The average Bonchev–Trinajstić information content (AvgIpc) is 2.98. The van der Waals surface area contributed by atoms with E-state index in [0.29, 0.717) is 12.4 Å². The van der Waals surface area contributed by atoms with Crippen LogP contribution in [0.4, 0.5) is 0 Å². The van der Waals surface area contributed by atoms with E-state index in [1.165, 1.54) is 0 Å². The first-order valence-corrected chi connectivity index (χ1v) is 8.50. The second kappa shape index (κ2) is 7.14. The van der Waals surface area contributed by atoms with Gasteiger partial charge in [-0.15, -0.1) is 0 Å². The monoisotopic (exact) mass is 323 g/mol. The fraction of sp³-hybridized carbons (Fsp3) is 0.308. The third-order valence-electron chi connectivity index (χ3n) is 2.78. The number of nitrogens with one attached hydrogen (secondary N) is 2. The molecule has 1 amide bonds. The summed E-state index contributed by atoms with van der Waals surface area (Å²) < 4.78 is 25.7. The molecule has 0 saturated heterocycles. The zero-order valence-electron chi connectivity index (χ0n) is 12.1. The second-order valence-corrected chi connectivity index (χ2v) is 6.46. The van der Waals surface area contributed by atoms with Gasteiger partial charge in [0, 0.05) is 43.7 Å². The summed E-state index contributed by atoms with van der Waals surface area (Å²) in [6.07, 6.45) is 6.19. The molecular formula is C13H17N5O3S. The fourth-order valence-corrected chi connectivity index (χ4v) is 2.27. The Morgan fingerprint density at radius 2 is 2.14 bits per heavy atom. The van der Waals surface area contributed by atoms with Crippen LogP contribution in [0.25, 0.3) is 5.82 Å². The highest BCUT2D eigenvalue weighted by Gasteiger charge is 2.08. The summed E-state index contributed by atoms with van der Waals surface area (Å²) in [6, 6.07) is 5.41. The molecule has 0 spiro atoms. The van der Waals surface area contributed by atoms with E-state index in [4.69, 9.17) is 0 Å². The Labute approximate surface area is 128 Å². The van der Waals surface area contributed by atoms with Crippen molar-refractivity contribution in [2.45, 2.75) is 13.0 Å². The molecule has 0 aliphatic carbocycles. The Morgan fingerprint density at radius 3 is 2.82 bits per heavy atom. The van der Waals surface area contributed by atoms with Crippen LogP contribution in [0.3, 0.4) is 0 Å². The number of rotatable bonds is 7. The lowest BCUT2D eigenvalue weighted by Crippen LogP contribution is -2.30. The van der Waals surface area contributed by atoms with E-state index in [9.17, 15) is 13.2 Å². The van der Waals surface area contributed by atoms with E-state index in [1.807, 2.05) is 6.07 Å². The largest absolute Gasteiger partial charge is 0.352 e. The molecule has 0 bridgehead atoms. The quantitative estimate of drug-likeness (QED) is 0.735. The van der Waals surface area contributed by atoms with Gasteiger partial charge in [-0.25, -0.2) is 22.8 Å². The molecule has 118 valence electrons. The van der Waals surface area contributed by atoms with Gasteiger partial charge in [0.15, 0.2) is 5.82 Å². The van der Waals surface area contributed by atoms with Crippen molar-refractivity contribution in [3.63, 3.8) is 0 Å². The summed E-state index contributed by atoms with van der Waals surface area (Å²) in [5.41, 5.74) is 0.815. The molecule has 2 aromatic rings. The Bertz CT molecular complexity index is 728. The number of hydrogen-bond acceptors (Lipinski definition) is 5. The number of sulfonamides is 1. The van der Waals surface area contributed by atoms with Crippen LogP contribution in [-0.2, 0) is 21.4 Å². The standard InChI is InChI=1S/C13H17N5O3S/c1-22(20,21)17-8-5-12(19)15-10-11-4-2-6-14-13(11)18-9-3-7-16-18/h2-4,6-7,9,17H,5,8,10H2,1H3,(H,15,19). The highest BCUT2D eigenvalue weighted by Crippen LogP contribution is 2.09. The van der Waals surface area contributed by atoms with Crippen molar-refractivity contribution < 1.29 is 13.2 Å². The second-order valence-electron chi connectivity index (χ2n) is 4.63. The molecule has 0 unspecified atom stereocenters. The summed E-state index contributed by atoms with van der Waals surface area (Å²) in [5.74, 6) is 0.397. The minimum atomic E-state index is -3.27. The number of amides is 1. The Kier molecular flexibility index (Phi) is 5.23. The van der Waals surface area contributed by atoms with E-state index in [2.05, 4.69) is 20.1 Å². The first kappa shape index (κ1) is 16.1. The van der Waals surface area contributed by atoms with Crippen LogP contribution in [0.2, 0.25) is 0 Å². The highest BCUT2D eigenvalue weighted by molar-refractivity contribution is 7.88. The molecular weight excluding hydrogens is 306 g/mol. The van der Waals surface area contributed by atoms with Crippen LogP contribution < -0.4 is 10.0 Å². The van der Waals surface area contributed by atoms with Crippen molar-refractivity contribution in [1.29, 1.82) is 0 Å². The Morgan fingerprint density at radius 1 is 1.32 bits per heavy atom. The van der Waals surface area contributed by atoms with Crippen LogP contribution >= 0.6 is 0 Å². The van der Waals surface area contributed by atoms with Crippen LogP contribution in [0, 0.1) is 0 Å². The fourth-order valence-electron chi connectivity index (χ4n) is 1.80. The number of carbonyl (C=O) groups excluding carboxylic acids is 1. The molecule has 0 aromatic carbocycles. The van der Waals surface area contributed by atoms with Crippen molar-refractivity contribution in [1.82, 2.24) is 24.8 Å². The first-order valence-electron chi connectivity index (χ1n) is 6.61. The van der Waals surface area contributed by atoms with Gasteiger partial charge >= 0.3 is 0 Å². The SMILES string of the molecule is CS(=O)(=O)NCCC(=O)NCc1cccnc1-n1cccn1. The van der Waals surface area contributed by atoms with Crippen molar-refractivity contribution in [3.8, 4) is 5.82 Å². The van der Waals surface area contributed by atoms with Crippen LogP contribution in [0.5, 0.6) is 0 Å². The minimum Gasteiger partial charge on any atom is -0.352 e. The predicted molar refractivity (Wildman–Crippen MR) is 80.7 cm³/mol. The zero-order chi connectivity index (χ0) is 16.0. The van der Waals surface area contributed by atoms with Gasteiger partial charge in [-0.05, 0) is 12.1 Å². The lowest BCUT2D eigenvalue weighted by atomic mass is 10.2. The van der Waals surface area contributed by atoms with E-state index >= 15 is 0 Å². The Balaban J connectivity index is 1.91. The summed E-state index contributed by atoms with van der Waals surface area (Å²) >= 11 is 0. The van der Waals surface area contributed by atoms with Gasteiger partial charge in [0.2, 0.25) is 15.9 Å². The lowest BCUT2D eigenvalue weighted by molar-refractivity contribution is -0.121. The molecule has 22 heavy (non-hydrogen) atoms. The molecule has 0 atom stereocenters. The molecule has 2 aromatic heterocycles. The third-order valence-corrected chi connectivity index (χ3v) is 3.51. The maximum absolute atomic E-state index is 11.7. The average molecular weight is 323 g/mol. The van der Waals surface area contributed by atoms with Crippen molar-refractivity contribution in [3.05, 3.63) is 42.4 Å². The van der Waals surface area contributed by atoms with Gasteiger partial charge in [-0.1, -0.05) is 6.07 Å². The molecule has 0 saturated carbocycles. The summed E-state index contributed by atoms with van der Waals surface area (Å²) in [6.45, 7) is 0.366. The third kappa shape index (κ3) is 4.93. The molecule has 0 aliphatic rings. The highest BCUT2D eigenvalue weighted by atomic mass is 32.2. The summed E-state index contributed by atoms with van der Waals surface area (Å²) in [7, 11) is -3.27. The van der Waals surface area contributed by atoms with E-state index in [-0.39, 0.29) is 18.9 Å². The lowest BCUT2D eigenvalue weighted by Gasteiger charge is -2.09. The molecule has 0 aliphatic heterocycles. The predicted octanol–water partition coefficient (Wildman–Crippen LogP) is -0.177. The number of pyridine rings is 1. The van der Waals surface area contributed by atoms with Crippen molar-refractivity contribution in [2.24, 2.45) is 0 Å². The molecule has 2 rings (SSSR count). The molecule has 2 N–H and O–H groups in total. The number of carbonyl (C=O) groups is 1. The van der Waals surface area contributed by atoms with Gasteiger partial charge < -0.3 is 5.32 Å². The van der Waals surface area contributed by atoms with Crippen molar-refractivity contribution >= 4 is 15.9 Å². The summed E-state index contributed by atoms with van der Waals surface area (Å²) in [4.78, 5) is 16.0. The van der Waals surface area contributed by atoms with Gasteiger partial charge in [-0.3, -0.25) is 4.79 Å².